The maximum Gasteiger partial charge on any atom is 0.288 e. The predicted octanol–water partition coefficient (Wildman–Crippen LogP) is 1.35. The quantitative estimate of drug-likeness (QED) is 0.592. The molecule has 0 N–H and O–H groups in total. The number of carbonyl (C=O) groups is 1. The zero-order valence-electron chi connectivity index (χ0n) is 12.6. The van der Waals surface area contributed by atoms with Gasteiger partial charge in [0.2, 0.25) is 0 Å². The minimum atomic E-state index is -3.17. The van der Waals surface area contributed by atoms with Gasteiger partial charge in [0.15, 0.2) is 9.84 Å². The first-order valence-electron chi connectivity index (χ1n) is 6.77. The molecule has 1 aliphatic rings. The van der Waals surface area contributed by atoms with Crippen LogP contribution in [0.2, 0.25) is 5.02 Å². The number of benzene rings is 1. The summed E-state index contributed by atoms with van der Waals surface area (Å²) in [5, 5.41) is 13.7. The first-order valence-corrected chi connectivity index (χ1v) is 8.97. The molecule has 0 bridgehead atoms. The van der Waals surface area contributed by atoms with E-state index in [-0.39, 0.29) is 27.8 Å². The van der Waals surface area contributed by atoms with Gasteiger partial charge in [-0.05, 0) is 18.6 Å². The highest BCUT2D eigenvalue weighted by Gasteiger charge is 2.36. The van der Waals surface area contributed by atoms with Crippen LogP contribution >= 0.6 is 11.6 Å². The number of amides is 1. The standard InChI is InChI=1S/C13H16ClN3O5S/c1-15(2)16(10-5-6-23(21,22)8-10)13(18)9-3-4-11(14)12(7-9)17(19)20/h3-4,7,10H,5-6,8H2,1-2H3/t10-/m0/s1. The molecule has 0 unspecified atom stereocenters. The Morgan fingerprint density at radius 1 is 1.39 bits per heavy atom. The highest BCUT2D eigenvalue weighted by molar-refractivity contribution is 7.91. The molecule has 0 saturated carbocycles. The summed E-state index contributed by atoms with van der Waals surface area (Å²) in [6.07, 6.45) is 0.335. The zero-order chi connectivity index (χ0) is 17.4. The molecule has 2 rings (SSSR count). The van der Waals surface area contributed by atoms with E-state index in [4.69, 9.17) is 11.6 Å². The molecule has 1 aliphatic heterocycles. The number of sulfone groups is 1. The van der Waals surface area contributed by atoms with Crippen LogP contribution in [0.3, 0.4) is 0 Å². The second-order valence-electron chi connectivity index (χ2n) is 5.48. The van der Waals surface area contributed by atoms with Gasteiger partial charge in [-0.1, -0.05) is 11.6 Å². The lowest BCUT2D eigenvalue weighted by Gasteiger charge is -2.33. The Kier molecular flexibility index (Phi) is 4.92. The Morgan fingerprint density at radius 2 is 2.04 bits per heavy atom. The van der Waals surface area contributed by atoms with Crippen molar-refractivity contribution in [3.63, 3.8) is 0 Å². The summed E-state index contributed by atoms with van der Waals surface area (Å²) in [7, 11) is 0.0685. The molecule has 1 atom stereocenters. The van der Waals surface area contributed by atoms with Crippen LogP contribution in [0.15, 0.2) is 18.2 Å². The summed E-state index contributed by atoms with van der Waals surface area (Å²) in [5.41, 5.74) is -0.283. The van der Waals surface area contributed by atoms with E-state index in [0.717, 1.165) is 6.07 Å². The molecule has 0 aromatic heterocycles. The summed E-state index contributed by atoms with van der Waals surface area (Å²) in [4.78, 5) is 23.0. The molecule has 0 radical (unpaired) electrons. The molecular weight excluding hydrogens is 346 g/mol. The van der Waals surface area contributed by atoms with Crippen molar-refractivity contribution in [1.82, 2.24) is 10.0 Å². The zero-order valence-corrected chi connectivity index (χ0v) is 14.2. The Bertz CT molecular complexity index is 750. The smallest absolute Gasteiger partial charge is 0.268 e. The van der Waals surface area contributed by atoms with Crippen molar-refractivity contribution in [3.8, 4) is 0 Å². The van der Waals surface area contributed by atoms with Crippen LogP contribution < -0.4 is 0 Å². The van der Waals surface area contributed by atoms with Gasteiger partial charge in [-0.2, -0.15) is 0 Å². The molecule has 8 nitrogen and oxygen atoms in total. The van der Waals surface area contributed by atoms with E-state index in [1.54, 1.807) is 14.1 Å². The number of hydrazine groups is 1. The number of halogens is 1. The molecule has 1 fully saturated rings. The maximum absolute atomic E-state index is 12.7. The summed E-state index contributed by atoms with van der Waals surface area (Å²) in [5.74, 6) is -0.597. The molecule has 1 aromatic carbocycles. The van der Waals surface area contributed by atoms with Crippen LogP contribution in [0, 0.1) is 10.1 Å². The topological polar surface area (TPSA) is 101 Å². The molecule has 1 heterocycles. The summed E-state index contributed by atoms with van der Waals surface area (Å²) >= 11 is 5.75. The molecule has 0 aliphatic carbocycles. The lowest BCUT2D eigenvalue weighted by Crippen LogP contribution is -2.49. The van der Waals surface area contributed by atoms with Gasteiger partial charge < -0.3 is 0 Å². The van der Waals surface area contributed by atoms with Crippen LogP contribution in [0.1, 0.15) is 16.8 Å². The third-order valence-electron chi connectivity index (χ3n) is 3.58. The molecule has 0 spiro atoms. The van der Waals surface area contributed by atoms with Crippen molar-refractivity contribution in [1.29, 1.82) is 0 Å². The van der Waals surface area contributed by atoms with E-state index in [1.165, 1.54) is 22.2 Å². The van der Waals surface area contributed by atoms with Crippen molar-refractivity contribution < 1.29 is 18.1 Å². The number of hydrogen-bond acceptors (Lipinski definition) is 6. The van der Waals surface area contributed by atoms with E-state index in [1.807, 2.05) is 0 Å². The van der Waals surface area contributed by atoms with Crippen LogP contribution in [-0.2, 0) is 9.84 Å². The normalized spacial score (nSPS) is 19.7. The second kappa shape index (κ2) is 6.42. The van der Waals surface area contributed by atoms with Crippen LogP contribution in [0.25, 0.3) is 0 Å². The Hall–Kier alpha value is -1.71. The third kappa shape index (κ3) is 3.80. The molecule has 10 heteroatoms. The fraction of sp³-hybridized carbons (Fsp3) is 0.462. The number of hydrogen-bond donors (Lipinski definition) is 0. The number of nitrogens with zero attached hydrogens (tertiary/aromatic N) is 3. The first-order chi connectivity index (χ1) is 10.6. The molecule has 23 heavy (non-hydrogen) atoms. The fourth-order valence-corrected chi connectivity index (χ4v) is 4.44. The molecule has 126 valence electrons. The predicted molar refractivity (Wildman–Crippen MR) is 85.0 cm³/mol. The van der Waals surface area contributed by atoms with Crippen molar-refractivity contribution in [2.75, 3.05) is 25.6 Å². The average molecular weight is 362 g/mol. The highest BCUT2D eigenvalue weighted by Crippen LogP contribution is 2.27. The van der Waals surface area contributed by atoms with Gasteiger partial charge in [0.25, 0.3) is 11.6 Å². The number of nitro benzene ring substituents is 1. The van der Waals surface area contributed by atoms with E-state index in [0.29, 0.717) is 6.42 Å². The largest absolute Gasteiger partial charge is 0.288 e. The van der Waals surface area contributed by atoms with Gasteiger partial charge in [-0.3, -0.25) is 19.9 Å². The van der Waals surface area contributed by atoms with Crippen LogP contribution in [-0.4, -0.2) is 60.9 Å². The van der Waals surface area contributed by atoms with E-state index < -0.39 is 26.7 Å². The lowest BCUT2D eigenvalue weighted by molar-refractivity contribution is -0.384. The van der Waals surface area contributed by atoms with E-state index in [9.17, 15) is 23.3 Å². The number of nitro groups is 1. The van der Waals surface area contributed by atoms with Crippen LogP contribution in [0.4, 0.5) is 5.69 Å². The van der Waals surface area contributed by atoms with Crippen molar-refractivity contribution in [2.45, 2.75) is 12.5 Å². The van der Waals surface area contributed by atoms with Crippen molar-refractivity contribution in [2.24, 2.45) is 0 Å². The van der Waals surface area contributed by atoms with Crippen molar-refractivity contribution >= 4 is 33.0 Å². The summed E-state index contributed by atoms with van der Waals surface area (Å²) in [6.45, 7) is 0. The molecular formula is C13H16ClN3O5S. The lowest BCUT2D eigenvalue weighted by atomic mass is 10.1. The minimum absolute atomic E-state index is 0.0239. The SMILES string of the molecule is CN(C)N(C(=O)c1ccc(Cl)c([N+](=O)[O-])c1)[C@H]1CCS(=O)(=O)C1. The summed E-state index contributed by atoms with van der Waals surface area (Å²) in [6, 6.07) is 3.28. The van der Waals surface area contributed by atoms with Gasteiger partial charge >= 0.3 is 0 Å². The monoisotopic (exact) mass is 361 g/mol. The second-order valence-corrected chi connectivity index (χ2v) is 8.11. The number of rotatable bonds is 4. The Labute approximate surface area is 138 Å². The fourth-order valence-electron chi connectivity index (χ4n) is 2.56. The van der Waals surface area contributed by atoms with Gasteiger partial charge in [-0.25, -0.2) is 13.4 Å². The van der Waals surface area contributed by atoms with E-state index >= 15 is 0 Å². The third-order valence-corrected chi connectivity index (χ3v) is 5.65. The van der Waals surface area contributed by atoms with Crippen molar-refractivity contribution in [3.05, 3.63) is 38.9 Å². The number of carbonyl (C=O) groups excluding carboxylic acids is 1. The van der Waals surface area contributed by atoms with Gasteiger partial charge in [-0.15, -0.1) is 0 Å². The minimum Gasteiger partial charge on any atom is -0.268 e. The first kappa shape index (κ1) is 17.6. The van der Waals surface area contributed by atoms with Gasteiger partial charge in [0.05, 0.1) is 22.5 Å². The van der Waals surface area contributed by atoms with Gasteiger partial charge in [0, 0.05) is 25.7 Å². The molecule has 1 saturated heterocycles. The average Bonchev–Trinajstić information content (AvgIpc) is 2.78. The van der Waals surface area contributed by atoms with Gasteiger partial charge in [0.1, 0.15) is 5.02 Å². The highest BCUT2D eigenvalue weighted by atomic mass is 35.5. The summed E-state index contributed by atoms with van der Waals surface area (Å²) < 4.78 is 23.3. The Morgan fingerprint density at radius 3 is 2.52 bits per heavy atom. The molecule has 1 aromatic rings. The molecule has 1 amide bonds. The maximum atomic E-state index is 12.7. The van der Waals surface area contributed by atoms with E-state index in [2.05, 4.69) is 0 Å². The Balaban J connectivity index is 2.36. The van der Waals surface area contributed by atoms with Crippen LogP contribution in [0.5, 0.6) is 0 Å².